The van der Waals surface area contributed by atoms with Gasteiger partial charge in [-0.2, -0.15) is 0 Å². The van der Waals surface area contributed by atoms with Crippen molar-refractivity contribution in [2.45, 2.75) is 58.0 Å². The van der Waals surface area contributed by atoms with Crippen LogP contribution in [0.1, 0.15) is 52.0 Å². The molecule has 0 aliphatic carbocycles. The smallest absolute Gasteiger partial charge is 0.263 e. The number of fused-ring (bicyclic) bond motifs is 2. The lowest BCUT2D eigenvalue weighted by molar-refractivity contribution is -0.137. The molecule has 1 fully saturated rings. The Morgan fingerprint density at radius 2 is 1.89 bits per heavy atom. The number of thiophene rings is 1. The Labute approximate surface area is 226 Å². The molecule has 1 saturated heterocycles. The Morgan fingerprint density at radius 1 is 1.11 bits per heavy atom. The molecule has 0 radical (unpaired) electrons. The summed E-state index contributed by atoms with van der Waals surface area (Å²) in [6.45, 7) is 4.13. The maximum atomic E-state index is 14.0. The van der Waals surface area contributed by atoms with Crippen LogP contribution in [0.15, 0.2) is 48.7 Å². The molecule has 9 nitrogen and oxygen atoms in total. The van der Waals surface area contributed by atoms with Crippen molar-refractivity contribution in [3.63, 3.8) is 0 Å². The average molecular weight is 535 g/mol. The van der Waals surface area contributed by atoms with Gasteiger partial charge in [-0.15, -0.1) is 16.4 Å². The first-order valence-electron chi connectivity index (χ1n) is 13.4. The largest absolute Gasteiger partial charge is 0.354 e. The number of nitrogens with one attached hydrogen (secondary N) is 2. The van der Waals surface area contributed by atoms with Gasteiger partial charge in [0.05, 0.1) is 16.0 Å². The van der Waals surface area contributed by atoms with E-state index >= 15 is 0 Å². The minimum atomic E-state index is -0.787. The summed E-state index contributed by atoms with van der Waals surface area (Å²) in [5, 5.41) is 14.7. The molecule has 3 amide bonds. The Hall–Kier alpha value is -3.53. The fourth-order valence-electron chi connectivity index (χ4n) is 5.28. The van der Waals surface area contributed by atoms with E-state index in [1.54, 1.807) is 4.68 Å². The van der Waals surface area contributed by atoms with Crippen molar-refractivity contribution in [1.29, 1.82) is 0 Å². The van der Waals surface area contributed by atoms with Crippen LogP contribution in [0.5, 0.6) is 0 Å². The van der Waals surface area contributed by atoms with E-state index in [2.05, 4.69) is 27.9 Å². The van der Waals surface area contributed by atoms with Crippen LogP contribution in [-0.4, -0.2) is 63.3 Å². The van der Waals surface area contributed by atoms with Crippen molar-refractivity contribution in [2.24, 2.45) is 5.41 Å². The summed E-state index contributed by atoms with van der Waals surface area (Å²) in [6.07, 6.45) is 5.31. The number of piperidine rings is 1. The topological polar surface area (TPSA) is 109 Å². The Morgan fingerprint density at radius 3 is 2.63 bits per heavy atom. The summed E-state index contributed by atoms with van der Waals surface area (Å²) in [6, 6.07) is 12.9. The van der Waals surface area contributed by atoms with Crippen molar-refractivity contribution in [3.8, 4) is 0 Å². The molecular weight excluding hydrogens is 500 g/mol. The fraction of sp³-hybridized carbons (Fsp3) is 0.464. The molecule has 200 valence electrons. The lowest BCUT2D eigenvalue weighted by atomic mass is 9.73. The number of hydrogen-bond acceptors (Lipinski definition) is 6. The highest BCUT2D eigenvalue weighted by atomic mass is 32.1. The van der Waals surface area contributed by atoms with Crippen LogP contribution in [0.4, 0.5) is 0 Å². The molecule has 2 aliphatic rings. The van der Waals surface area contributed by atoms with Crippen molar-refractivity contribution >= 4 is 29.1 Å². The number of benzene rings is 1. The molecule has 1 atom stereocenters. The number of amides is 3. The third kappa shape index (κ3) is 5.80. The zero-order valence-electron chi connectivity index (χ0n) is 21.7. The fourth-order valence-corrected chi connectivity index (χ4v) is 6.20. The number of hydrogen-bond donors (Lipinski definition) is 2. The van der Waals surface area contributed by atoms with Crippen LogP contribution in [0.3, 0.4) is 0 Å². The van der Waals surface area contributed by atoms with E-state index < -0.39 is 11.5 Å². The van der Waals surface area contributed by atoms with Crippen LogP contribution < -0.4 is 10.6 Å². The molecule has 2 bridgehead atoms. The van der Waals surface area contributed by atoms with Gasteiger partial charge in [0.2, 0.25) is 11.8 Å². The molecule has 2 aromatic heterocycles. The van der Waals surface area contributed by atoms with Gasteiger partial charge in [0.1, 0.15) is 6.04 Å². The van der Waals surface area contributed by atoms with Gasteiger partial charge in [-0.05, 0) is 43.4 Å². The molecule has 10 heteroatoms. The van der Waals surface area contributed by atoms with Gasteiger partial charge in [-0.3, -0.25) is 19.1 Å². The third-order valence-corrected chi connectivity index (χ3v) is 8.80. The maximum absolute atomic E-state index is 14.0. The van der Waals surface area contributed by atoms with Gasteiger partial charge >= 0.3 is 0 Å². The van der Waals surface area contributed by atoms with Crippen LogP contribution in [0.25, 0.3) is 0 Å². The number of rotatable bonds is 4. The standard InChI is InChI=1S/C28H34N6O3S/c1-2-22-9-10-24(38-22)26(36)33-15-11-28(12-16-33)18-21-19-34(32-31-21)14-6-13-29-25(35)23(30-27(28)37)17-20-7-4-3-5-8-20/h3-5,7-10,19,23H,2,6,11-18H2,1H3,(H,29,35)(H,30,37)/t23-/m0/s1. The summed E-state index contributed by atoms with van der Waals surface area (Å²) >= 11 is 1.53. The van der Waals surface area contributed by atoms with Crippen LogP contribution in [0.2, 0.25) is 0 Å². The zero-order valence-corrected chi connectivity index (χ0v) is 22.5. The second-order valence-electron chi connectivity index (χ2n) is 10.2. The van der Waals surface area contributed by atoms with E-state index in [-0.39, 0.29) is 17.7 Å². The number of aryl methyl sites for hydroxylation is 2. The monoisotopic (exact) mass is 534 g/mol. The van der Waals surface area contributed by atoms with Crippen molar-refractivity contribution in [2.75, 3.05) is 19.6 Å². The molecule has 2 N–H and O–H groups in total. The first-order chi connectivity index (χ1) is 18.5. The quantitative estimate of drug-likeness (QED) is 0.535. The summed E-state index contributed by atoms with van der Waals surface area (Å²) in [4.78, 5) is 44.1. The number of likely N-dealkylation sites (tertiary alicyclic amines) is 1. The Bertz CT molecular complexity index is 1280. The van der Waals surface area contributed by atoms with E-state index in [1.807, 2.05) is 53.6 Å². The summed E-state index contributed by atoms with van der Waals surface area (Å²) in [5.74, 6) is -0.340. The van der Waals surface area contributed by atoms with E-state index in [0.717, 1.165) is 22.6 Å². The predicted octanol–water partition coefficient (Wildman–Crippen LogP) is 2.61. The third-order valence-electron chi connectivity index (χ3n) is 7.58. The molecule has 38 heavy (non-hydrogen) atoms. The predicted molar refractivity (Wildman–Crippen MR) is 145 cm³/mol. The molecule has 3 aromatic rings. The van der Waals surface area contributed by atoms with Crippen LogP contribution in [-0.2, 0) is 35.4 Å². The SMILES string of the molecule is CCc1ccc(C(=O)N2CCC3(CC2)Cc2cn(nn2)CCCNC(=O)[C@H](Cc2ccccc2)NC3=O)s1. The summed E-state index contributed by atoms with van der Waals surface area (Å²) in [7, 11) is 0. The van der Waals surface area contributed by atoms with E-state index in [0.29, 0.717) is 58.3 Å². The van der Waals surface area contributed by atoms with Gasteiger partial charge < -0.3 is 15.5 Å². The van der Waals surface area contributed by atoms with Crippen molar-refractivity contribution in [1.82, 2.24) is 30.5 Å². The molecule has 4 heterocycles. The number of aromatic nitrogens is 3. The lowest BCUT2D eigenvalue weighted by Crippen LogP contribution is -2.56. The number of carbonyl (C=O) groups excluding carboxylic acids is 3. The first kappa shape index (κ1) is 26.1. The molecule has 0 unspecified atom stereocenters. The minimum absolute atomic E-state index is 0.0156. The maximum Gasteiger partial charge on any atom is 0.263 e. The molecule has 0 saturated carbocycles. The molecular formula is C28H34N6O3S. The zero-order chi connectivity index (χ0) is 26.5. The molecule has 1 aromatic carbocycles. The van der Waals surface area contributed by atoms with Gasteiger partial charge in [0.15, 0.2) is 0 Å². The van der Waals surface area contributed by atoms with Crippen LogP contribution in [0, 0.1) is 5.41 Å². The second kappa shape index (κ2) is 11.5. The van der Waals surface area contributed by atoms with Crippen LogP contribution >= 0.6 is 11.3 Å². The average Bonchev–Trinajstić information content (AvgIpc) is 3.60. The van der Waals surface area contributed by atoms with Crippen molar-refractivity contribution < 1.29 is 14.4 Å². The highest BCUT2D eigenvalue weighted by molar-refractivity contribution is 7.14. The summed E-state index contributed by atoms with van der Waals surface area (Å²) < 4.78 is 1.77. The molecule has 5 rings (SSSR count). The van der Waals surface area contributed by atoms with E-state index in [4.69, 9.17) is 0 Å². The molecule has 2 aliphatic heterocycles. The van der Waals surface area contributed by atoms with Gasteiger partial charge in [-0.25, -0.2) is 0 Å². The number of nitrogens with zero attached hydrogens (tertiary/aromatic N) is 4. The van der Waals surface area contributed by atoms with Gasteiger partial charge in [0, 0.05) is 50.1 Å². The van der Waals surface area contributed by atoms with Crippen molar-refractivity contribution in [3.05, 3.63) is 69.7 Å². The Kier molecular flexibility index (Phi) is 7.87. The lowest BCUT2D eigenvalue weighted by Gasteiger charge is -2.41. The highest BCUT2D eigenvalue weighted by Crippen LogP contribution is 2.36. The first-order valence-corrected chi connectivity index (χ1v) is 14.2. The summed E-state index contributed by atoms with van der Waals surface area (Å²) in [5.41, 5.74) is 0.949. The highest BCUT2D eigenvalue weighted by Gasteiger charge is 2.44. The van der Waals surface area contributed by atoms with Gasteiger partial charge in [0.25, 0.3) is 5.91 Å². The normalized spacial score (nSPS) is 20.1. The van der Waals surface area contributed by atoms with E-state index in [1.165, 1.54) is 16.2 Å². The molecule has 1 spiro atoms. The van der Waals surface area contributed by atoms with Gasteiger partial charge in [-0.1, -0.05) is 42.5 Å². The van der Waals surface area contributed by atoms with E-state index in [9.17, 15) is 14.4 Å². The Balaban J connectivity index is 1.38. The number of carbonyl (C=O) groups is 3. The minimum Gasteiger partial charge on any atom is -0.354 e. The second-order valence-corrected chi connectivity index (χ2v) is 11.4.